The van der Waals surface area contributed by atoms with Gasteiger partial charge >= 0.3 is 5.97 Å². The van der Waals surface area contributed by atoms with Crippen molar-refractivity contribution >= 4 is 21.9 Å². The van der Waals surface area contributed by atoms with Crippen molar-refractivity contribution in [3.8, 4) is 5.75 Å². The van der Waals surface area contributed by atoms with Gasteiger partial charge in [-0.15, -0.1) is 0 Å². The Balaban J connectivity index is 2.15. The summed E-state index contributed by atoms with van der Waals surface area (Å²) in [7, 11) is 0. The monoisotopic (exact) mass is 310 g/mol. The van der Waals surface area contributed by atoms with Crippen molar-refractivity contribution in [2.45, 2.75) is 44.1 Å². The molecule has 2 aliphatic rings. The molecule has 0 amide bonds. The van der Waals surface area contributed by atoms with E-state index in [0.29, 0.717) is 12.8 Å². The molecule has 1 unspecified atom stereocenters. The summed E-state index contributed by atoms with van der Waals surface area (Å²) in [4.78, 5) is 11.6. The number of ether oxygens (including phenoxy) is 1. The van der Waals surface area contributed by atoms with Gasteiger partial charge in [0.25, 0.3) is 0 Å². The number of aliphatic carboxylic acids is 1. The third kappa shape index (κ3) is 1.58. The molecule has 96 valence electrons. The highest BCUT2D eigenvalue weighted by Gasteiger charge is 2.49. The Morgan fingerprint density at radius 2 is 2.22 bits per heavy atom. The van der Waals surface area contributed by atoms with E-state index in [1.807, 2.05) is 19.1 Å². The first-order chi connectivity index (χ1) is 8.53. The zero-order chi connectivity index (χ0) is 12.9. The molecule has 0 aromatic heterocycles. The van der Waals surface area contributed by atoms with Crippen molar-refractivity contribution in [1.29, 1.82) is 0 Å². The molecule has 3 nitrogen and oxygen atoms in total. The number of carboxylic acids is 1. The molecule has 1 aromatic rings. The van der Waals surface area contributed by atoms with Crippen LogP contribution < -0.4 is 4.74 Å². The van der Waals surface area contributed by atoms with Gasteiger partial charge in [0.15, 0.2) is 0 Å². The molecule has 1 N–H and O–H groups in total. The number of fused-ring (bicyclic) bond motifs is 1. The maximum Gasteiger partial charge on any atom is 0.314 e. The van der Waals surface area contributed by atoms with Crippen LogP contribution in [0, 0.1) is 0 Å². The van der Waals surface area contributed by atoms with Crippen LogP contribution in [0.25, 0.3) is 0 Å². The fourth-order valence-electron chi connectivity index (χ4n) is 2.98. The van der Waals surface area contributed by atoms with Crippen molar-refractivity contribution in [2.75, 3.05) is 0 Å². The van der Waals surface area contributed by atoms with Crippen LogP contribution in [0.4, 0.5) is 0 Å². The molecule has 0 saturated heterocycles. The molecule has 1 saturated carbocycles. The first-order valence-electron chi connectivity index (χ1n) is 6.26. The van der Waals surface area contributed by atoms with E-state index in [0.717, 1.165) is 34.2 Å². The summed E-state index contributed by atoms with van der Waals surface area (Å²) in [6, 6.07) is 3.96. The van der Waals surface area contributed by atoms with Crippen molar-refractivity contribution in [3.63, 3.8) is 0 Å². The van der Waals surface area contributed by atoms with E-state index in [2.05, 4.69) is 15.9 Å². The summed E-state index contributed by atoms with van der Waals surface area (Å²) in [6.07, 6.45) is 3.39. The van der Waals surface area contributed by atoms with Gasteiger partial charge in [-0.2, -0.15) is 0 Å². The fourth-order valence-corrected chi connectivity index (χ4v) is 3.48. The lowest BCUT2D eigenvalue weighted by Gasteiger charge is -2.39. The number of halogens is 1. The van der Waals surface area contributed by atoms with E-state index in [1.54, 1.807) is 0 Å². The van der Waals surface area contributed by atoms with Crippen molar-refractivity contribution in [2.24, 2.45) is 0 Å². The van der Waals surface area contributed by atoms with Crippen LogP contribution in [0.15, 0.2) is 16.6 Å². The molecular formula is C14H15BrO3. The molecule has 0 radical (unpaired) electrons. The van der Waals surface area contributed by atoms with Gasteiger partial charge in [-0.3, -0.25) is 4.79 Å². The van der Waals surface area contributed by atoms with Crippen molar-refractivity contribution < 1.29 is 14.6 Å². The Morgan fingerprint density at radius 1 is 1.50 bits per heavy atom. The van der Waals surface area contributed by atoms with Crippen LogP contribution in [0.1, 0.15) is 37.3 Å². The average Bonchev–Trinajstić information content (AvgIpc) is 2.55. The van der Waals surface area contributed by atoms with Gasteiger partial charge < -0.3 is 9.84 Å². The largest absolute Gasteiger partial charge is 0.490 e. The van der Waals surface area contributed by atoms with Crippen LogP contribution in [0.5, 0.6) is 5.75 Å². The molecule has 1 aliphatic carbocycles. The summed E-state index contributed by atoms with van der Waals surface area (Å²) in [6.45, 7) is 2.02. The second-order valence-electron chi connectivity index (χ2n) is 5.32. The third-order valence-electron chi connectivity index (χ3n) is 4.09. The van der Waals surface area contributed by atoms with Crippen molar-refractivity contribution in [1.82, 2.24) is 0 Å². The summed E-state index contributed by atoms with van der Waals surface area (Å²) in [5, 5.41) is 9.55. The number of rotatable bonds is 2. The predicted octanol–water partition coefficient (Wildman–Crippen LogP) is 3.28. The van der Waals surface area contributed by atoms with Gasteiger partial charge in [-0.1, -0.05) is 22.4 Å². The van der Waals surface area contributed by atoms with Crippen LogP contribution in [-0.2, 0) is 16.6 Å². The average molecular weight is 311 g/mol. The maximum atomic E-state index is 11.6. The second-order valence-corrected chi connectivity index (χ2v) is 6.23. The predicted molar refractivity (Wildman–Crippen MR) is 71.1 cm³/mol. The number of benzene rings is 1. The summed E-state index contributed by atoms with van der Waals surface area (Å²) in [5.41, 5.74) is 1.26. The van der Waals surface area contributed by atoms with Crippen LogP contribution in [0.3, 0.4) is 0 Å². The number of hydrogen-bond acceptors (Lipinski definition) is 2. The van der Waals surface area contributed by atoms with E-state index in [-0.39, 0.29) is 6.10 Å². The van der Waals surface area contributed by atoms with Crippen molar-refractivity contribution in [3.05, 3.63) is 27.7 Å². The Bertz CT molecular complexity index is 520. The first-order valence-corrected chi connectivity index (χ1v) is 7.05. The van der Waals surface area contributed by atoms with Gasteiger partial charge in [-0.05, 0) is 37.5 Å². The van der Waals surface area contributed by atoms with Gasteiger partial charge in [-0.25, -0.2) is 0 Å². The molecule has 0 bridgehead atoms. The number of hydrogen-bond donors (Lipinski definition) is 1. The quantitative estimate of drug-likeness (QED) is 0.912. The summed E-state index contributed by atoms with van der Waals surface area (Å²) in [5.74, 6) is 0.0880. The lowest BCUT2D eigenvalue weighted by atomic mass is 9.64. The molecule has 4 heteroatoms. The molecule has 1 aromatic carbocycles. The molecule has 1 heterocycles. The third-order valence-corrected chi connectivity index (χ3v) is 4.55. The van der Waals surface area contributed by atoms with Gasteiger partial charge in [0, 0.05) is 16.5 Å². The highest BCUT2D eigenvalue weighted by atomic mass is 79.9. The molecular weight excluding hydrogens is 296 g/mol. The zero-order valence-corrected chi connectivity index (χ0v) is 11.8. The first kappa shape index (κ1) is 12.0. The molecule has 0 spiro atoms. The normalized spacial score (nSPS) is 24.0. The van der Waals surface area contributed by atoms with Gasteiger partial charge in [0.2, 0.25) is 0 Å². The molecule has 3 rings (SSSR count). The van der Waals surface area contributed by atoms with E-state index in [1.165, 1.54) is 0 Å². The Hall–Kier alpha value is -1.03. The van der Waals surface area contributed by atoms with Crippen LogP contribution >= 0.6 is 15.9 Å². The van der Waals surface area contributed by atoms with E-state index < -0.39 is 11.4 Å². The van der Waals surface area contributed by atoms with Crippen LogP contribution in [-0.4, -0.2) is 17.2 Å². The standard InChI is InChI=1S/C14H15BrO3/c1-8-5-9-6-10(15)7-11(12(9)18-8)14(13(16)17)3-2-4-14/h6-8H,2-5H2,1H3,(H,16,17). The number of carboxylic acid groups (broad SMARTS) is 1. The fraction of sp³-hybridized carbons (Fsp3) is 0.500. The Labute approximate surface area is 114 Å². The van der Waals surface area contributed by atoms with Gasteiger partial charge in [0.1, 0.15) is 11.9 Å². The summed E-state index contributed by atoms with van der Waals surface area (Å²) < 4.78 is 6.79. The van der Waals surface area contributed by atoms with E-state index in [4.69, 9.17) is 4.74 Å². The van der Waals surface area contributed by atoms with E-state index >= 15 is 0 Å². The van der Waals surface area contributed by atoms with Crippen LogP contribution in [0.2, 0.25) is 0 Å². The highest BCUT2D eigenvalue weighted by Crippen LogP contribution is 2.50. The molecule has 1 fully saturated rings. The topological polar surface area (TPSA) is 46.5 Å². The SMILES string of the molecule is CC1Cc2cc(Br)cc(C3(C(=O)O)CCC3)c2O1. The number of carbonyl (C=O) groups is 1. The maximum absolute atomic E-state index is 11.6. The zero-order valence-electron chi connectivity index (χ0n) is 10.2. The van der Waals surface area contributed by atoms with E-state index in [9.17, 15) is 9.90 Å². The van der Waals surface area contributed by atoms with Gasteiger partial charge in [0.05, 0.1) is 5.41 Å². The molecule has 1 aliphatic heterocycles. The minimum Gasteiger partial charge on any atom is -0.490 e. The molecule has 18 heavy (non-hydrogen) atoms. The minimum absolute atomic E-state index is 0.138. The minimum atomic E-state index is -0.725. The lowest BCUT2D eigenvalue weighted by Crippen LogP contribution is -2.42. The Morgan fingerprint density at radius 3 is 2.78 bits per heavy atom. The molecule has 1 atom stereocenters. The summed E-state index contributed by atoms with van der Waals surface area (Å²) >= 11 is 3.48. The highest BCUT2D eigenvalue weighted by molar-refractivity contribution is 9.10. The lowest BCUT2D eigenvalue weighted by molar-refractivity contribution is -0.147. The Kier molecular flexibility index (Phi) is 2.66. The second kappa shape index (κ2) is 3.98. The smallest absolute Gasteiger partial charge is 0.314 e.